The molecule has 0 unspecified atom stereocenters. The van der Waals surface area contributed by atoms with E-state index in [2.05, 4.69) is 10.3 Å². The Morgan fingerprint density at radius 1 is 1.43 bits per heavy atom. The van der Waals surface area contributed by atoms with Gasteiger partial charge in [0.05, 0.1) is 16.3 Å². The summed E-state index contributed by atoms with van der Waals surface area (Å²) in [6, 6.07) is 6.92. The molecule has 2 heterocycles. The van der Waals surface area contributed by atoms with Gasteiger partial charge < -0.3 is 5.32 Å². The largest absolute Gasteiger partial charge is 0.325 e. The van der Waals surface area contributed by atoms with Crippen LogP contribution in [-0.4, -0.2) is 27.0 Å². The Balaban J connectivity index is 1.66. The van der Waals surface area contributed by atoms with Crippen molar-refractivity contribution >= 4 is 46.7 Å². The zero-order chi connectivity index (χ0) is 16.4. The SMILES string of the molecule is Cn1c(SCC(=O)Nc2ccc(Cl)cc2)nc2c(c1=O)SCC2. The number of aromatic nitrogens is 2. The zero-order valence-electron chi connectivity index (χ0n) is 12.3. The molecule has 8 heteroatoms. The van der Waals surface area contributed by atoms with Crippen molar-refractivity contribution in [3.63, 3.8) is 0 Å². The van der Waals surface area contributed by atoms with Crippen LogP contribution >= 0.6 is 35.1 Å². The van der Waals surface area contributed by atoms with E-state index >= 15 is 0 Å². The van der Waals surface area contributed by atoms with E-state index in [9.17, 15) is 9.59 Å². The topological polar surface area (TPSA) is 64.0 Å². The number of carbonyl (C=O) groups is 1. The van der Waals surface area contributed by atoms with Crippen molar-refractivity contribution in [2.24, 2.45) is 7.05 Å². The van der Waals surface area contributed by atoms with Crippen molar-refractivity contribution in [2.75, 3.05) is 16.8 Å². The normalized spacial score (nSPS) is 13.0. The molecule has 1 aliphatic rings. The third-order valence-corrected chi connectivity index (χ3v) is 5.71. The maximum atomic E-state index is 12.2. The lowest BCUT2D eigenvalue weighted by Gasteiger charge is -2.09. The van der Waals surface area contributed by atoms with Crippen LogP contribution < -0.4 is 10.9 Å². The summed E-state index contributed by atoms with van der Waals surface area (Å²) >= 11 is 8.62. The molecule has 0 fully saturated rings. The summed E-state index contributed by atoms with van der Waals surface area (Å²) in [5.41, 5.74) is 1.50. The minimum atomic E-state index is -0.151. The summed E-state index contributed by atoms with van der Waals surface area (Å²) in [6.45, 7) is 0. The summed E-state index contributed by atoms with van der Waals surface area (Å²) in [7, 11) is 1.69. The highest BCUT2D eigenvalue weighted by molar-refractivity contribution is 8.00. The Labute approximate surface area is 146 Å². The lowest BCUT2D eigenvalue weighted by Crippen LogP contribution is -2.23. The van der Waals surface area contributed by atoms with Crippen molar-refractivity contribution < 1.29 is 4.79 Å². The van der Waals surface area contributed by atoms with Crippen LogP contribution in [-0.2, 0) is 18.3 Å². The molecule has 23 heavy (non-hydrogen) atoms. The van der Waals surface area contributed by atoms with Crippen LogP contribution in [0, 0.1) is 0 Å². The van der Waals surface area contributed by atoms with E-state index in [1.165, 1.54) is 16.3 Å². The highest BCUT2D eigenvalue weighted by atomic mass is 35.5. The van der Waals surface area contributed by atoms with Gasteiger partial charge in [0.15, 0.2) is 5.16 Å². The van der Waals surface area contributed by atoms with E-state index in [1.54, 1.807) is 43.1 Å². The molecule has 120 valence electrons. The molecule has 1 amide bonds. The van der Waals surface area contributed by atoms with Crippen molar-refractivity contribution in [1.29, 1.82) is 0 Å². The Morgan fingerprint density at radius 2 is 2.17 bits per heavy atom. The van der Waals surface area contributed by atoms with Crippen LogP contribution in [0.15, 0.2) is 39.1 Å². The standard InChI is InChI=1S/C15H14ClN3O2S2/c1-19-14(21)13-11(6-7-22-13)18-15(19)23-8-12(20)17-10-4-2-9(16)3-5-10/h2-5H,6-8H2,1H3,(H,17,20). The number of thioether (sulfide) groups is 2. The van der Waals surface area contributed by atoms with E-state index in [4.69, 9.17) is 11.6 Å². The number of hydrogen-bond donors (Lipinski definition) is 1. The molecule has 0 radical (unpaired) electrons. The molecule has 0 saturated carbocycles. The number of hydrogen-bond acceptors (Lipinski definition) is 5. The fraction of sp³-hybridized carbons (Fsp3) is 0.267. The molecule has 1 aromatic heterocycles. The van der Waals surface area contributed by atoms with Crippen LogP contribution in [0.25, 0.3) is 0 Å². The summed E-state index contributed by atoms with van der Waals surface area (Å²) in [4.78, 5) is 29.5. The van der Waals surface area contributed by atoms with Crippen LogP contribution in [0.2, 0.25) is 5.02 Å². The second-order valence-corrected chi connectivity index (χ2v) is 7.46. The number of benzene rings is 1. The lowest BCUT2D eigenvalue weighted by atomic mass is 10.3. The molecule has 1 aliphatic heterocycles. The minimum Gasteiger partial charge on any atom is -0.325 e. The van der Waals surface area contributed by atoms with Crippen LogP contribution in [0.4, 0.5) is 5.69 Å². The number of amides is 1. The van der Waals surface area contributed by atoms with Crippen LogP contribution in [0.5, 0.6) is 0 Å². The molecule has 0 saturated heterocycles. The van der Waals surface area contributed by atoms with Gasteiger partial charge in [0.25, 0.3) is 5.56 Å². The third kappa shape index (κ3) is 3.73. The lowest BCUT2D eigenvalue weighted by molar-refractivity contribution is -0.113. The highest BCUT2D eigenvalue weighted by Gasteiger charge is 2.20. The van der Waals surface area contributed by atoms with Crippen molar-refractivity contribution in [3.8, 4) is 0 Å². The Morgan fingerprint density at radius 3 is 2.91 bits per heavy atom. The quantitative estimate of drug-likeness (QED) is 0.665. The number of nitrogens with zero attached hydrogens (tertiary/aromatic N) is 2. The zero-order valence-corrected chi connectivity index (χ0v) is 14.7. The number of rotatable bonds is 4. The summed E-state index contributed by atoms with van der Waals surface area (Å²) < 4.78 is 1.51. The fourth-order valence-electron chi connectivity index (χ4n) is 2.16. The van der Waals surface area contributed by atoms with Crippen molar-refractivity contribution in [3.05, 3.63) is 45.3 Å². The Hall–Kier alpha value is -1.44. The van der Waals surface area contributed by atoms with E-state index in [0.717, 1.165) is 22.8 Å². The number of anilines is 1. The number of halogens is 1. The predicted octanol–water partition coefficient (Wildman–Crippen LogP) is 2.81. The summed E-state index contributed by atoms with van der Waals surface area (Å²) in [5.74, 6) is 0.929. The molecular weight excluding hydrogens is 354 g/mol. The van der Waals surface area contributed by atoms with Gasteiger partial charge in [-0.15, -0.1) is 11.8 Å². The molecule has 5 nitrogen and oxygen atoms in total. The van der Waals surface area contributed by atoms with Gasteiger partial charge >= 0.3 is 0 Å². The number of carbonyl (C=O) groups excluding carboxylic acids is 1. The molecule has 3 rings (SSSR count). The maximum Gasteiger partial charge on any atom is 0.267 e. The molecule has 0 aliphatic carbocycles. The van der Waals surface area contributed by atoms with E-state index in [0.29, 0.717) is 15.9 Å². The number of nitrogens with one attached hydrogen (secondary N) is 1. The van der Waals surface area contributed by atoms with Crippen LogP contribution in [0.1, 0.15) is 5.69 Å². The first-order chi connectivity index (χ1) is 11.0. The maximum absolute atomic E-state index is 12.2. The average molecular weight is 368 g/mol. The molecular formula is C15H14ClN3O2S2. The summed E-state index contributed by atoms with van der Waals surface area (Å²) in [6.07, 6.45) is 0.806. The van der Waals surface area contributed by atoms with Gasteiger partial charge in [0.2, 0.25) is 5.91 Å². The molecule has 1 N–H and O–H groups in total. The first kappa shape index (κ1) is 16.4. The fourth-order valence-corrected chi connectivity index (χ4v) is 4.14. The van der Waals surface area contributed by atoms with Gasteiger partial charge in [0.1, 0.15) is 0 Å². The van der Waals surface area contributed by atoms with Gasteiger partial charge in [-0.1, -0.05) is 23.4 Å². The second-order valence-electron chi connectivity index (χ2n) is 4.98. The third-order valence-electron chi connectivity index (χ3n) is 3.32. The molecule has 0 spiro atoms. The first-order valence-electron chi connectivity index (χ1n) is 6.95. The number of aryl methyl sites for hydroxylation is 1. The Bertz CT molecular complexity index is 806. The van der Waals surface area contributed by atoms with Gasteiger partial charge in [-0.25, -0.2) is 4.98 Å². The summed E-state index contributed by atoms with van der Waals surface area (Å²) in [5, 5.41) is 3.98. The first-order valence-corrected chi connectivity index (χ1v) is 9.30. The average Bonchev–Trinajstić information content (AvgIpc) is 3.00. The highest BCUT2D eigenvalue weighted by Crippen LogP contribution is 2.28. The van der Waals surface area contributed by atoms with Gasteiger partial charge in [-0.2, -0.15) is 0 Å². The monoisotopic (exact) mass is 367 g/mol. The van der Waals surface area contributed by atoms with Gasteiger partial charge in [0, 0.05) is 29.9 Å². The van der Waals surface area contributed by atoms with Gasteiger partial charge in [-0.3, -0.25) is 14.2 Å². The van der Waals surface area contributed by atoms with Crippen molar-refractivity contribution in [2.45, 2.75) is 16.5 Å². The van der Waals surface area contributed by atoms with E-state index in [-0.39, 0.29) is 17.2 Å². The minimum absolute atomic E-state index is 0.0295. The van der Waals surface area contributed by atoms with Crippen molar-refractivity contribution in [1.82, 2.24) is 9.55 Å². The van der Waals surface area contributed by atoms with E-state index < -0.39 is 0 Å². The molecule has 2 aromatic rings. The predicted molar refractivity (Wildman–Crippen MR) is 94.7 cm³/mol. The number of fused-ring (bicyclic) bond motifs is 1. The van der Waals surface area contributed by atoms with Gasteiger partial charge in [-0.05, 0) is 24.3 Å². The Kier molecular flexibility index (Phi) is 4.99. The second kappa shape index (κ2) is 6.98. The van der Waals surface area contributed by atoms with E-state index in [1.807, 2.05) is 0 Å². The molecule has 0 bridgehead atoms. The van der Waals surface area contributed by atoms with Crippen LogP contribution in [0.3, 0.4) is 0 Å². The molecule has 1 aromatic carbocycles. The molecule has 0 atom stereocenters. The smallest absolute Gasteiger partial charge is 0.267 e.